The predicted octanol–water partition coefficient (Wildman–Crippen LogP) is 2.19. The number of amides is 2. The van der Waals surface area contributed by atoms with Crippen LogP contribution in [0.5, 0.6) is 0 Å². The fraction of sp³-hybridized carbons (Fsp3) is 0.176. The van der Waals surface area contributed by atoms with Crippen LogP contribution in [0.25, 0.3) is 10.9 Å². The summed E-state index contributed by atoms with van der Waals surface area (Å²) in [6.07, 6.45) is 1.43. The first kappa shape index (κ1) is 16.8. The van der Waals surface area contributed by atoms with E-state index in [9.17, 15) is 14.4 Å². The van der Waals surface area contributed by atoms with Gasteiger partial charge < -0.3 is 15.6 Å². The Kier molecular flexibility index (Phi) is 4.90. The zero-order valence-electron chi connectivity index (χ0n) is 13.4. The third kappa shape index (κ3) is 4.10. The maximum Gasteiger partial charge on any atom is 0.258 e. The first-order chi connectivity index (χ1) is 12.0. The van der Waals surface area contributed by atoms with Gasteiger partial charge in [0, 0.05) is 17.5 Å². The third-order valence-electron chi connectivity index (χ3n) is 3.58. The SMILES string of the molecule is CC(=O)NC(CC(=O)Nc1ccc2nc[nH]c(=O)c2c1)c1cccs1. The molecule has 3 aromatic rings. The zero-order chi connectivity index (χ0) is 17.8. The smallest absolute Gasteiger partial charge is 0.258 e. The van der Waals surface area contributed by atoms with Crippen molar-refractivity contribution in [1.29, 1.82) is 0 Å². The van der Waals surface area contributed by atoms with Crippen LogP contribution in [0, 0.1) is 0 Å². The Bertz CT molecular complexity index is 965. The van der Waals surface area contributed by atoms with Crippen molar-refractivity contribution >= 4 is 39.7 Å². The molecule has 0 aliphatic heterocycles. The summed E-state index contributed by atoms with van der Waals surface area (Å²) < 4.78 is 0. The van der Waals surface area contributed by atoms with Gasteiger partial charge in [-0.3, -0.25) is 14.4 Å². The molecule has 0 spiro atoms. The molecule has 1 unspecified atom stereocenters. The second-order valence-corrected chi connectivity index (χ2v) is 6.46. The van der Waals surface area contributed by atoms with Gasteiger partial charge in [-0.05, 0) is 29.6 Å². The molecular formula is C17H16N4O3S. The molecule has 2 amide bonds. The molecule has 0 aliphatic rings. The highest BCUT2D eigenvalue weighted by Gasteiger charge is 2.18. The number of aromatic amines is 1. The number of aromatic nitrogens is 2. The lowest BCUT2D eigenvalue weighted by Gasteiger charge is -2.16. The molecule has 2 aromatic heterocycles. The Morgan fingerprint density at radius 2 is 2.16 bits per heavy atom. The zero-order valence-corrected chi connectivity index (χ0v) is 14.2. The number of hydrogen-bond donors (Lipinski definition) is 3. The maximum atomic E-state index is 12.4. The third-order valence-corrected chi connectivity index (χ3v) is 4.56. The van der Waals surface area contributed by atoms with Crippen LogP contribution in [-0.4, -0.2) is 21.8 Å². The Morgan fingerprint density at radius 3 is 2.88 bits per heavy atom. The molecule has 0 radical (unpaired) electrons. The van der Waals surface area contributed by atoms with Gasteiger partial charge in [0.25, 0.3) is 5.56 Å². The lowest BCUT2D eigenvalue weighted by molar-refractivity contribution is -0.120. The fourth-order valence-corrected chi connectivity index (χ4v) is 3.28. The summed E-state index contributed by atoms with van der Waals surface area (Å²) in [5, 5.41) is 7.84. The number of rotatable bonds is 5. The lowest BCUT2D eigenvalue weighted by atomic mass is 10.1. The van der Waals surface area contributed by atoms with Gasteiger partial charge in [0.15, 0.2) is 0 Å². The number of thiophene rings is 1. The van der Waals surface area contributed by atoms with Crippen LogP contribution in [0.15, 0.2) is 46.8 Å². The van der Waals surface area contributed by atoms with E-state index in [4.69, 9.17) is 0 Å². The standard InChI is InChI=1S/C17H16N4O3S/c1-10(22)20-14(15-3-2-6-25-15)8-16(23)21-11-4-5-13-12(7-11)17(24)19-9-18-13/h2-7,9,14H,8H2,1H3,(H,20,22)(H,21,23)(H,18,19,24). The van der Waals surface area contributed by atoms with E-state index in [0.717, 1.165) is 4.88 Å². The van der Waals surface area contributed by atoms with E-state index in [0.29, 0.717) is 16.6 Å². The normalized spacial score (nSPS) is 11.9. The quantitative estimate of drug-likeness (QED) is 0.652. The van der Waals surface area contributed by atoms with Crippen LogP contribution in [0.1, 0.15) is 24.3 Å². The monoisotopic (exact) mass is 356 g/mol. The molecule has 25 heavy (non-hydrogen) atoms. The number of carbonyl (C=O) groups excluding carboxylic acids is 2. The van der Waals surface area contributed by atoms with Gasteiger partial charge in [-0.15, -0.1) is 11.3 Å². The molecular weight excluding hydrogens is 340 g/mol. The average molecular weight is 356 g/mol. The minimum Gasteiger partial charge on any atom is -0.348 e. The lowest BCUT2D eigenvalue weighted by Crippen LogP contribution is -2.29. The van der Waals surface area contributed by atoms with Crippen molar-refractivity contribution in [3.05, 3.63) is 57.3 Å². The molecule has 8 heteroatoms. The van der Waals surface area contributed by atoms with Crippen LogP contribution in [0.4, 0.5) is 5.69 Å². The molecule has 0 saturated heterocycles. The molecule has 2 heterocycles. The highest BCUT2D eigenvalue weighted by Crippen LogP contribution is 2.23. The van der Waals surface area contributed by atoms with Crippen molar-refractivity contribution < 1.29 is 9.59 Å². The van der Waals surface area contributed by atoms with Crippen molar-refractivity contribution in [2.45, 2.75) is 19.4 Å². The van der Waals surface area contributed by atoms with Gasteiger partial charge in [-0.2, -0.15) is 0 Å². The van der Waals surface area contributed by atoms with Crippen molar-refractivity contribution in [2.75, 3.05) is 5.32 Å². The number of carbonyl (C=O) groups is 2. The van der Waals surface area contributed by atoms with E-state index in [1.807, 2.05) is 17.5 Å². The number of hydrogen-bond acceptors (Lipinski definition) is 5. The second-order valence-electron chi connectivity index (χ2n) is 5.48. The summed E-state index contributed by atoms with van der Waals surface area (Å²) in [5.41, 5.74) is 0.788. The van der Waals surface area contributed by atoms with Crippen molar-refractivity contribution in [2.24, 2.45) is 0 Å². The Balaban J connectivity index is 1.76. The van der Waals surface area contributed by atoms with Gasteiger partial charge in [0.2, 0.25) is 11.8 Å². The minimum atomic E-state index is -0.386. The number of anilines is 1. The molecule has 1 atom stereocenters. The van der Waals surface area contributed by atoms with Crippen LogP contribution < -0.4 is 16.2 Å². The van der Waals surface area contributed by atoms with Crippen LogP contribution in [-0.2, 0) is 9.59 Å². The van der Waals surface area contributed by atoms with E-state index in [1.165, 1.54) is 24.6 Å². The summed E-state index contributed by atoms with van der Waals surface area (Å²) in [5.74, 6) is -0.457. The Labute approximate surface area is 147 Å². The van der Waals surface area contributed by atoms with Gasteiger partial charge >= 0.3 is 0 Å². The summed E-state index contributed by atoms with van der Waals surface area (Å²) in [6.45, 7) is 1.42. The fourth-order valence-electron chi connectivity index (χ4n) is 2.50. The number of nitrogens with one attached hydrogen (secondary N) is 3. The number of H-pyrrole nitrogens is 1. The molecule has 3 N–H and O–H groups in total. The average Bonchev–Trinajstić information content (AvgIpc) is 3.09. The molecule has 3 rings (SSSR count). The maximum absolute atomic E-state index is 12.4. The summed E-state index contributed by atoms with van der Waals surface area (Å²) >= 11 is 1.48. The molecule has 128 valence electrons. The van der Waals surface area contributed by atoms with Crippen molar-refractivity contribution in [3.8, 4) is 0 Å². The van der Waals surface area contributed by atoms with Gasteiger partial charge in [-0.1, -0.05) is 6.07 Å². The molecule has 1 aromatic carbocycles. The van der Waals surface area contributed by atoms with E-state index in [2.05, 4.69) is 20.6 Å². The first-order valence-corrected chi connectivity index (χ1v) is 8.48. The molecule has 0 saturated carbocycles. The summed E-state index contributed by atoms with van der Waals surface area (Å²) in [4.78, 5) is 43.0. The largest absolute Gasteiger partial charge is 0.348 e. The van der Waals surface area contributed by atoms with Gasteiger partial charge in [0.1, 0.15) is 0 Å². The summed E-state index contributed by atoms with van der Waals surface area (Å²) in [6, 6.07) is 8.30. The van der Waals surface area contributed by atoms with Crippen molar-refractivity contribution in [1.82, 2.24) is 15.3 Å². The van der Waals surface area contributed by atoms with E-state index < -0.39 is 0 Å². The molecule has 0 fully saturated rings. The Morgan fingerprint density at radius 1 is 1.32 bits per heavy atom. The van der Waals surface area contributed by atoms with Crippen LogP contribution in [0.2, 0.25) is 0 Å². The molecule has 0 aliphatic carbocycles. The van der Waals surface area contributed by atoms with Gasteiger partial charge in [0.05, 0.1) is 29.7 Å². The molecule has 0 bridgehead atoms. The Hall–Kier alpha value is -3.00. The van der Waals surface area contributed by atoms with E-state index in [-0.39, 0.29) is 29.8 Å². The highest BCUT2D eigenvalue weighted by molar-refractivity contribution is 7.10. The van der Waals surface area contributed by atoms with E-state index in [1.54, 1.807) is 18.2 Å². The van der Waals surface area contributed by atoms with Gasteiger partial charge in [-0.25, -0.2) is 4.98 Å². The number of nitrogens with zero attached hydrogens (tertiary/aromatic N) is 1. The highest BCUT2D eigenvalue weighted by atomic mass is 32.1. The van der Waals surface area contributed by atoms with Crippen LogP contribution in [0.3, 0.4) is 0 Å². The predicted molar refractivity (Wildman–Crippen MR) is 96.5 cm³/mol. The molecule has 7 nitrogen and oxygen atoms in total. The van der Waals surface area contributed by atoms with Crippen molar-refractivity contribution in [3.63, 3.8) is 0 Å². The topological polar surface area (TPSA) is 104 Å². The number of fused-ring (bicyclic) bond motifs is 1. The van der Waals surface area contributed by atoms with E-state index >= 15 is 0 Å². The second kappa shape index (κ2) is 7.27. The number of benzene rings is 1. The first-order valence-electron chi connectivity index (χ1n) is 7.61. The summed E-state index contributed by atoms with van der Waals surface area (Å²) in [7, 11) is 0. The minimum absolute atomic E-state index is 0.0987. The van der Waals surface area contributed by atoms with Crippen LogP contribution >= 0.6 is 11.3 Å².